The molecule has 35 heavy (non-hydrogen) atoms. The van der Waals surface area contributed by atoms with Gasteiger partial charge in [0.05, 0.1) is 12.8 Å². The van der Waals surface area contributed by atoms with Crippen LogP contribution in [-0.4, -0.2) is 82.0 Å². The van der Waals surface area contributed by atoms with E-state index in [-0.39, 0.29) is 36.0 Å². The van der Waals surface area contributed by atoms with Gasteiger partial charge in [0, 0.05) is 6.54 Å². The molecule has 4 rings (SSSR count). The Kier molecular flexibility index (Phi) is 7.86. The number of amides is 3. The van der Waals surface area contributed by atoms with Crippen LogP contribution < -0.4 is 5.32 Å². The predicted molar refractivity (Wildman–Crippen MR) is 130 cm³/mol. The molecule has 0 aromatic carbocycles. The number of rotatable bonds is 8. The number of hydrogen-bond donors (Lipinski definition) is 2. The number of carbonyl (C=O) groups is 3. The number of fused-ring (bicyclic) bond motifs is 1. The number of nitrogens with zero attached hydrogens (tertiary/aromatic N) is 3. The zero-order valence-electron chi connectivity index (χ0n) is 21.4. The van der Waals surface area contributed by atoms with Crippen LogP contribution in [0.5, 0.6) is 0 Å². The van der Waals surface area contributed by atoms with E-state index < -0.39 is 30.3 Å². The minimum absolute atomic E-state index is 0.0216. The van der Waals surface area contributed by atoms with Gasteiger partial charge in [-0.2, -0.15) is 0 Å². The molecule has 0 spiro atoms. The number of aliphatic hydroxyl groups is 1. The second-order valence-electron chi connectivity index (χ2n) is 10.8. The molecule has 4 heterocycles. The van der Waals surface area contributed by atoms with Crippen molar-refractivity contribution in [1.29, 1.82) is 0 Å². The van der Waals surface area contributed by atoms with Gasteiger partial charge in [0.2, 0.25) is 11.8 Å². The molecule has 1 aromatic rings. The maximum Gasteiger partial charge on any atom is 0.261 e. The zero-order chi connectivity index (χ0) is 25.3. The molecule has 9 nitrogen and oxygen atoms in total. The molecule has 5 atom stereocenters. The normalized spacial score (nSPS) is 27.5. The summed E-state index contributed by atoms with van der Waals surface area (Å²) in [5, 5.41) is 14.2. The van der Waals surface area contributed by atoms with Gasteiger partial charge in [-0.05, 0) is 62.2 Å². The largest absolute Gasteiger partial charge is 0.466 e. The van der Waals surface area contributed by atoms with Crippen LogP contribution in [0.15, 0.2) is 22.8 Å². The van der Waals surface area contributed by atoms with Crippen molar-refractivity contribution < 1.29 is 23.9 Å². The van der Waals surface area contributed by atoms with Crippen molar-refractivity contribution in [2.24, 2.45) is 17.8 Å². The van der Waals surface area contributed by atoms with Crippen molar-refractivity contribution in [1.82, 2.24) is 20.0 Å². The zero-order valence-corrected chi connectivity index (χ0v) is 21.4. The molecule has 0 saturated carbocycles. The SMILES string of the molecule is CCC(C)[C@H]1C(=O)N(CC2CCNCC2)CC2N1C(=O)[C@H](CC(C)C)N2C(=O)C(O)c1ccco1. The summed E-state index contributed by atoms with van der Waals surface area (Å²) in [6.07, 6.45) is 2.54. The van der Waals surface area contributed by atoms with Crippen molar-refractivity contribution in [2.75, 3.05) is 26.2 Å². The summed E-state index contributed by atoms with van der Waals surface area (Å²) in [4.78, 5) is 46.4. The number of piperazine rings is 1. The molecule has 3 unspecified atom stereocenters. The van der Waals surface area contributed by atoms with Crippen molar-refractivity contribution in [3.63, 3.8) is 0 Å². The topological polar surface area (TPSA) is 106 Å². The van der Waals surface area contributed by atoms with Crippen LogP contribution in [0.3, 0.4) is 0 Å². The molecule has 0 bridgehead atoms. The van der Waals surface area contributed by atoms with Crippen molar-refractivity contribution in [2.45, 2.75) is 77.7 Å². The first-order valence-electron chi connectivity index (χ1n) is 13.1. The third-order valence-electron chi connectivity index (χ3n) is 7.88. The van der Waals surface area contributed by atoms with Crippen LogP contribution in [0.25, 0.3) is 0 Å². The first-order chi connectivity index (χ1) is 16.7. The number of carbonyl (C=O) groups excluding carboxylic acids is 3. The third kappa shape index (κ3) is 4.98. The Morgan fingerprint density at radius 1 is 1.20 bits per heavy atom. The average molecular weight is 489 g/mol. The van der Waals surface area contributed by atoms with Crippen molar-refractivity contribution in [3.05, 3.63) is 24.2 Å². The van der Waals surface area contributed by atoms with Gasteiger partial charge in [-0.15, -0.1) is 0 Å². The fraction of sp³-hybridized carbons (Fsp3) is 0.731. The number of furan rings is 1. The second-order valence-corrected chi connectivity index (χ2v) is 10.8. The molecule has 3 aliphatic heterocycles. The van der Waals surface area contributed by atoms with Crippen LogP contribution in [0, 0.1) is 17.8 Å². The van der Waals surface area contributed by atoms with E-state index >= 15 is 0 Å². The van der Waals surface area contributed by atoms with E-state index in [1.807, 2.05) is 32.6 Å². The van der Waals surface area contributed by atoms with Gasteiger partial charge in [0.1, 0.15) is 24.0 Å². The maximum atomic E-state index is 13.8. The van der Waals surface area contributed by atoms with E-state index in [4.69, 9.17) is 4.42 Å². The Labute approximate surface area is 207 Å². The lowest BCUT2D eigenvalue weighted by atomic mass is 9.91. The first kappa shape index (κ1) is 25.7. The molecule has 1 aromatic heterocycles. The molecule has 3 amide bonds. The van der Waals surface area contributed by atoms with Crippen LogP contribution in [0.4, 0.5) is 0 Å². The van der Waals surface area contributed by atoms with Crippen LogP contribution in [0.1, 0.15) is 65.2 Å². The van der Waals surface area contributed by atoms with E-state index in [1.54, 1.807) is 21.9 Å². The molecular formula is C26H40N4O5. The molecule has 194 valence electrons. The standard InChI is InChI=1S/C26H40N4O5/c1-5-17(4)22-25(33)28(14-18-8-10-27-11-9-18)15-21-29(19(13-16(2)3)24(32)30(21)22)26(34)23(31)20-7-6-12-35-20/h6-7,12,16-19,21-23,27,31H,5,8-11,13-15H2,1-4H3/t17?,19-,21?,22-,23?/m0/s1. The summed E-state index contributed by atoms with van der Waals surface area (Å²) in [5.41, 5.74) is 0. The Balaban J connectivity index is 1.70. The van der Waals surface area contributed by atoms with E-state index in [0.717, 1.165) is 32.4 Å². The molecule has 3 saturated heterocycles. The van der Waals surface area contributed by atoms with Crippen LogP contribution in [-0.2, 0) is 14.4 Å². The first-order valence-corrected chi connectivity index (χ1v) is 13.1. The molecule has 3 fully saturated rings. The van der Waals surface area contributed by atoms with Gasteiger partial charge in [0.15, 0.2) is 6.10 Å². The van der Waals surface area contributed by atoms with E-state index in [9.17, 15) is 19.5 Å². The third-order valence-corrected chi connectivity index (χ3v) is 7.88. The Hall–Kier alpha value is -2.39. The lowest BCUT2D eigenvalue weighted by molar-refractivity contribution is -0.161. The smallest absolute Gasteiger partial charge is 0.261 e. The summed E-state index contributed by atoms with van der Waals surface area (Å²) in [6, 6.07) is 1.86. The lowest BCUT2D eigenvalue weighted by Gasteiger charge is -2.47. The molecule has 9 heteroatoms. The molecule has 0 radical (unpaired) electrons. The summed E-state index contributed by atoms with van der Waals surface area (Å²) < 4.78 is 5.30. The minimum Gasteiger partial charge on any atom is -0.466 e. The van der Waals surface area contributed by atoms with Gasteiger partial charge >= 0.3 is 0 Å². The molecule has 2 N–H and O–H groups in total. The molecule has 3 aliphatic rings. The van der Waals surface area contributed by atoms with E-state index in [0.29, 0.717) is 18.9 Å². The quantitative estimate of drug-likeness (QED) is 0.580. The van der Waals surface area contributed by atoms with Crippen molar-refractivity contribution in [3.8, 4) is 0 Å². The number of nitrogens with one attached hydrogen (secondary N) is 1. The highest BCUT2D eigenvalue weighted by Crippen LogP contribution is 2.37. The van der Waals surface area contributed by atoms with E-state index in [2.05, 4.69) is 5.32 Å². The van der Waals surface area contributed by atoms with Gasteiger partial charge in [0.25, 0.3) is 5.91 Å². The summed E-state index contributed by atoms with van der Waals surface area (Å²) in [6.45, 7) is 10.8. The summed E-state index contributed by atoms with van der Waals surface area (Å²) >= 11 is 0. The highest BCUT2D eigenvalue weighted by molar-refractivity contribution is 5.97. The Bertz CT molecular complexity index is 898. The second kappa shape index (κ2) is 10.7. The highest BCUT2D eigenvalue weighted by atomic mass is 16.4. The summed E-state index contributed by atoms with van der Waals surface area (Å²) in [7, 11) is 0. The van der Waals surface area contributed by atoms with Gasteiger partial charge in [-0.25, -0.2) is 0 Å². The predicted octanol–water partition coefficient (Wildman–Crippen LogP) is 1.98. The monoisotopic (exact) mass is 488 g/mol. The van der Waals surface area contributed by atoms with Gasteiger partial charge in [-0.1, -0.05) is 34.1 Å². The van der Waals surface area contributed by atoms with Crippen LogP contribution in [0.2, 0.25) is 0 Å². The lowest BCUT2D eigenvalue weighted by Crippen LogP contribution is -2.66. The number of piperidine rings is 1. The van der Waals surface area contributed by atoms with Crippen molar-refractivity contribution >= 4 is 17.7 Å². The van der Waals surface area contributed by atoms with Gasteiger partial charge in [-0.3, -0.25) is 14.4 Å². The van der Waals surface area contributed by atoms with Crippen LogP contribution >= 0.6 is 0 Å². The fourth-order valence-electron chi connectivity index (χ4n) is 5.82. The Morgan fingerprint density at radius 2 is 1.91 bits per heavy atom. The minimum atomic E-state index is -1.50. The average Bonchev–Trinajstić information content (AvgIpc) is 3.46. The number of aliphatic hydroxyl groups excluding tert-OH is 1. The highest BCUT2D eigenvalue weighted by Gasteiger charge is 2.57. The molecular weight excluding hydrogens is 448 g/mol. The summed E-state index contributed by atoms with van der Waals surface area (Å²) in [5.74, 6) is -0.104. The van der Waals surface area contributed by atoms with Gasteiger partial charge < -0.3 is 29.5 Å². The van der Waals surface area contributed by atoms with E-state index in [1.165, 1.54) is 6.26 Å². The molecule has 0 aliphatic carbocycles. The Morgan fingerprint density at radius 3 is 2.51 bits per heavy atom. The fourth-order valence-corrected chi connectivity index (χ4v) is 5.82. The maximum absolute atomic E-state index is 13.8. The number of hydrogen-bond acceptors (Lipinski definition) is 6.